The third kappa shape index (κ3) is 3.63. The summed E-state index contributed by atoms with van der Waals surface area (Å²) < 4.78 is 5.19. The van der Waals surface area contributed by atoms with Gasteiger partial charge in [-0.2, -0.15) is 15.0 Å². The molecule has 2 rings (SSSR count). The van der Waals surface area contributed by atoms with Crippen molar-refractivity contribution in [3.8, 4) is 6.01 Å². The number of hydrazine groups is 1. The lowest BCUT2D eigenvalue weighted by molar-refractivity contribution is 0.312. The minimum Gasteiger partial charge on any atom is -0.464 e. The van der Waals surface area contributed by atoms with E-state index in [0.29, 0.717) is 19.1 Å². The number of nitrogens with zero attached hydrogens (tertiary/aromatic N) is 3. The molecule has 2 aromatic rings. The minimum absolute atomic E-state index is 0.105. The first-order chi connectivity index (χ1) is 9.21. The van der Waals surface area contributed by atoms with Crippen LogP contribution in [0.15, 0.2) is 10.2 Å². The first-order valence-electron chi connectivity index (χ1n) is 5.47. The van der Waals surface area contributed by atoms with E-state index < -0.39 is 0 Å². The van der Waals surface area contributed by atoms with Crippen molar-refractivity contribution in [3.05, 3.63) is 20.7 Å². The smallest absolute Gasteiger partial charge is 0.323 e. The van der Waals surface area contributed by atoms with E-state index in [9.17, 15) is 4.79 Å². The number of H-pyrrole nitrogens is 1. The number of hydrogen-bond donors (Lipinski definition) is 4. The summed E-state index contributed by atoms with van der Waals surface area (Å²) in [6.45, 7) is 2.65. The average molecular weight is 283 g/mol. The Hall–Kier alpha value is -2.20. The lowest BCUT2D eigenvalue weighted by atomic mass is 10.5. The first kappa shape index (κ1) is 13.2. The van der Waals surface area contributed by atoms with E-state index in [4.69, 9.17) is 10.6 Å². The Morgan fingerprint density at radius 2 is 2.21 bits per heavy atom. The van der Waals surface area contributed by atoms with Crippen molar-refractivity contribution in [1.29, 1.82) is 0 Å². The maximum atomic E-state index is 11.0. The van der Waals surface area contributed by atoms with Crippen LogP contribution in [0.3, 0.4) is 0 Å². The highest BCUT2D eigenvalue weighted by atomic mass is 32.1. The highest BCUT2D eigenvalue weighted by molar-refractivity contribution is 7.07. The molecule has 0 aliphatic rings. The lowest BCUT2D eigenvalue weighted by Gasteiger charge is -2.07. The van der Waals surface area contributed by atoms with E-state index in [0.717, 1.165) is 17.0 Å². The summed E-state index contributed by atoms with van der Waals surface area (Å²) in [6.07, 6.45) is 0. The number of rotatable bonds is 6. The van der Waals surface area contributed by atoms with E-state index in [1.165, 1.54) is 0 Å². The van der Waals surface area contributed by atoms with Crippen molar-refractivity contribution in [3.63, 3.8) is 0 Å². The first-order valence-corrected chi connectivity index (χ1v) is 6.35. The molecule has 102 valence electrons. The molecule has 0 atom stereocenters. The van der Waals surface area contributed by atoms with Gasteiger partial charge in [-0.25, -0.2) is 5.84 Å². The van der Waals surface area contributed by atoms with Crippen LogP contribution < -0.4 is 26.2 Å². The molecular formula is C9H13N7O2S. The number of nitrogens with one attached hydrogen (secondary N) is 3. The fraction of sp³-hybridized carbons (Fsp3) is 0.333. The molecule has 9 nitrogen and oxygen atoms in total. The molecule has 2 aromatic heterocycles. The molecule has 0 spiro atoms. The number of aromatic nitrogens is 4. The van der Waals surface area contributed by atoms with Crippen LogP contribution in [-0.4, -0.2) is 26.5 Å². The van der Waals surface area contributed by atoms with Gasteiger partial charge in [0.05, 0.1) is 13.2 Å². The zero-order valence-electron chi connectivity index (χ0n) is 10.1. The summed E-state index contributed by atoms with van der Waals surface area (Å²) in [5.74, 6) is 5.76. The number of thiazole rings is 1. The number of hydrogen-bond acceptors (Lipinski definition) is 9. The van der Waals surface area contributed by atoms with Crippen LogP contribution >= 0.6 is 11.3 Å². The molecule has 0 amide bonds. The fourth-order valence-corrected chi connectivity index (χ4v) is 1.85. The van der Waals surface area contributed by atoms with Crippen molar-refractivity contribution in [2.75, 3.05) is 17.3 Å². The zero-order chi connectivity index (χ0) is 13.7. The standard InChI is InChI=1S/C9H13N7O2S/c1-2-18-8-14-6(13-7(15-8)16-10)11-3-5-4-19-9(17)12-5/h4H,2-3,10H2,1H3,(H,12,17)(H2,11,13,14,15,16). The van der Waals surface area contributed by atoms with Gasteiger partial charge in [0.1, 0.15) is 0 Å². The van der Waals surface area contributed by atoms with E-state index in [1.54, 1.807) is 5.38 Å². The number of nitrogen functional groups attached to an aromatic ring is 1. The van der Waals surface area contributed by atoms with Crippen LogP contribution in [-0.2, 0) is 6.54 Å². The maximum absolute atomic E-state index is 11.0. The molecule has 0 saturated carbocycles. The van der Waals surface area contributed by atoms with Gasteiger partial charge in [0.2, 0.25) is 11.9 Å². The van der Waals surface area contributed by atoms with Crippen molar-refractivity contribution in [2.24, 2.45) is 5.84 Å². The van der Waals surface area contributed by atoms with Gasteiger partial charge in [0, 0.05) is 11.1 Å². The zero-order valence-corrected chi connectivity index (χ0v) is 11.0. The summed E-state index contributed by atoms with van der Waals surface area (Å²) >= 11 is 1.10. The van der Waals surface area contributed by atoms with Gasteiger partial charge in [-0.15, -0.1) is 0 Å². The summed E-state index contributed by atoms with van der Waals surface area (Å²) in [5.41, 5.74) is 3.08. The maximum Gasteiger partial charge on any atom is 0.323 e. The average Bonchev–Trinajstić information content (AvgIpc) is 2.82. The lowest BCUT2D eigenvalue weighted by Crippen LogP contribution is -2.14. The minimum atomic E-state index is -0.105. The Bertz CT molecular complexity index is 596. The van der Waals surface area contributed by atoms with Gasteiger partial charge < -0.3 is 15.0 Å². The topological polar surface area (TPSA) is 131 Å². The summed E-state index contributed by atoms with van der Waals surface area (Å²) in [6, 6.07) is 0.173. The predicted molar refractivity (Wildman–Crippen MR) is 71.1 cm³/mol. The van der Waals surface area contributed by atoms with Crippen LogP contribution in [0.1, 0.15) is 12.6 Å². The van der Waals surface area contributed by atoms with Gasteiger partial charge in [-0.3, -0.25) is 10.2 Å². The second-order valence-corrected chi connectivity index (χ2v) is 4.21. The molecule has 0 aliphatic heterocycles. The number of anilines is 2. The largest absolute Gasteiger partial charge is 0.464 e. The SMILES string of the molecule is CCOc1nc(NN)nc(NCc2csc(=O)[nH]2)n1. The molecule has 0 aliphatic carbocycles. The van der Waals surface area contributed by atoms with Gasteiger partial charge in [0.15, 0.2) is 0 Å². The van der Waals surface area contributed by atoms with E-state index in [2.05, 4.69) is 30.7 Å². The predicted octanol–water partition coefficient (Wildman–Crippen LogP) is -0.0822. The molecule has 5 N–H and O–H groups in total. The Morgan fingerprint density at radius 1 is 1.42 bits per heavy atom. The quantitative estimate of drug-likeness (QED) is 0.427. The normalized spacial score (nSPS) is 10.2. The van der Waals surface area contributed by atoms with Crippen molar-refractivity contribution >= 4 is 23.2 Å². The van der Waals surface area contributed by atoms with Gasteiger partial charge in [0.25, 0.3) is 0 Å². The molecule has 2 heterocycles. The van der Waals surface area contributed by atoms with Crippen LogP contribution in [0, 0.1) is 0 Å². The number of aromatic amines is 1. The van der Waals surface area contributed by atoms with E-state index >= 15 is 0 Å². The highest BCUT2D eigenvalue weighted by Crippen LogP contribution is 2.11. The Balaban J connectivity index is 2.10. The third-order valence-electron chi connectivity index (χ3n) is 2.03. The van der Waals surface area contributed by atoms with Gasteiger partial charge in [-0.05, 0) is 6.92 Å². The second kappa shape index (κ2) is 6.11. The van der Waals surface area contributed by atoms with Crippen molar-refractivity contribution in [1.82, 2.24) is 19.9 Å². The van der Waals surface area contributed by atoms with Crippen LogP contribution in [0.2, 0.25) is 0 Å². The number of nitrogens with two attached hydrogens (primary N) is 1. The van der Waals surface area contributed by atoms with Crippen LogP contribution in [0.25, 0.3) is 0 Å². The summed E-state index contributed by atoms with van der Waals surface area (Å²) in [5, 5.41) is 4.67. The number of ether oxygens (including phenoxy) is 1. The van der Waals surface area contributed by atoms with Crippen LogP contribution in [0.4, 0.5) is 11.9 Å². The Morgan fingerprint density at radius 3 is 2.84 bits per heavy atom. The van der Waals surface area contributed by atoms with Crippen molar-refractivity contribution < 1.29 is 4.74 Å². The summed E-state index contributed by atoms with van der Waals surface area (Å²) in [4.78, 5) is 25.6. The summed E-state index contributed by atoms with van der Waals surface area (Å²) in [7, 11) is 0. The van der Waals surface area contributed by atoms with Crippen LogP contribution in [0.5, 0.6) is 6.01 Å². The fourth-order valence-electron chi connectivity index (χ4n) is 1.27. The molecule has 0 fully saturated rings. The second-order valence-electron chi connectivity index (χ2n) is 3.37. The molecule has 10 heteroatoms. The molecule has 0 radical (unpaired) electrons. The molecule has 19 heavy (non-hydrogen) atoms. The third-order valence-corrected chi connectivity index (χ3v) is 2.74. The molecule has 0 aromatic carbocycles. The molecule has 0 bridgehead atoms. The van der Waals surface area contributed by atoms with Crippen molar-refractivity contribution in [2.45, 2.75) is 13.5 Å². The van der Waals surface area contributed by atoms with E-state index in [1.807, 2.05) is 6.92 Å². The Labute approximate surface area is 112 Å². The van der Waals surface area contributed by atoms with E-state index in [-0.39, 0.29) is 16.8 Å². The van der Waals surface area contributed by atoms with Gasteiger partial charge >= 0.3 is 10.9 Å². The molecule has 0 unspecified atom stereocenters. The molecule has 0 saturated heterocycles. The van der Waals surface area contributed by atoms with Gasteiger partial charge in [-0.1, -0.05) is 11.3 Å². The highest BCUT2D eigenvalue weighted by Gasteiger charge is 2.06. The Kier molecular flexibility index (Phi) is 4.26. The molecular weight excluding hydrogens is 270 g/mol. The monoisotopic (exact) mass is 283 g/mol.